The molecule has 0 saturated heterocycles. The predicted octanol–water partition coefficient (Wildman–Crippen LogP) is 4.84. The minimum absolute atomic E-state index is 0.0866. The Kier molecular flexibility index (Phi) is 3.39. The summed E-state index contributed by atoms with van der Waals surface area (Å²) in [6.45, 7) is 6.10. The first-order chi connectivity index (χ1) is 12.3. The van der Waals surface area contributed by atoms with E-state index in [0.29, 0.717) is 5.78 Å². The maximum absolute atomic E-state index is 13.5. The van der Waals surface area contributed by atoms with Crippen LogP contribution in [0.2, 0.25) is 0 Å². The van der Waals surface area contributed by atoms with Gasteiger partial charge in [0.25, 0.3) is 0 Å². The number of fused-ring (bicyclic) bond motifs is 1. The lowest BCUT2D eigenvalue weighted by Crippen LogP contribution is -2.50. The summed E-state index contributed by atoms with van der Waals surface area (Å²) in [4.78, 5) is 13.5. The van der Waals surface area contributed by atoms with E-state index in [9.17, 15) is 4.79 Å². The second-order valence-electron chi connectivity index (χ2n) is 9.86. The molecule has 1 aromatic rings. The Hall–Kier alpha value is -1.77. The van der Waals surface area contributed by atoms with E-state index in [1.165, 1.54) is 24.8 Å². The van der Waals surface area contributed by atoms with Crippen molar-refractivity contribution in [1.29, 1.82) is 0 Å². The van der Waals surface area contributed by atoms with Crippen LogP contribution < -0.4 is 10.1 Å². The molecule has 4 aliphatic carbocycles. The van der Waals surface area contributed by atoms with E-state index in [-0.39, 0.29) is 5.41 Å². The number of carbonyl (C=O) groups excluding carboxylic acids is 1. The summed E-state index contributed by atoms with van der Waals surface area (Å²) in [5, 5.41) is 3.45. The number of carbonyl (C=O) groups is 1. The van der Waals surface area contributed by atoms with E-state index >= 15 is 0 Å². The molecular formula is C23H29NO2. The number of hydrogen-bond acceptors (Lipinski definition) is 3. The zero-order valence-electron chi connectivity index (χ0n) is 16.1. The molecule has 0 atom stereocenters. The summed E-state index contributed by atoms with van der Waals surface area (Å²) < 4.78 is 6.10. The van der Waals surface area contributed by atoms with E-state index in [1.54, 1.807) is 0 Å². The Balaban J connectivity index is 1.51. The van der Waals surface area contributed by atoms with Crippen LogP contribution in [0, 0.1) is 30.1 Å². The van der Waals surface area contributed by atoms with Crippen molar-refractivity contribution in [3.63, 3.8) is 0 Å². The Morgan fingerprint density at radius 3 is 2.35 bits per heavy atom. The van der Waals surface area contributed by atoms with E-state index in [4.69, 9.17) is 4.74 Å². The van der Waals surface area contributed by atoms with Crippen LogP contribution in [0.25, 0.3) is 5.70 Å². The molecule has 1 aliphatic heterocycles. The minimum atomic E-state index is -0.506. The van der Waals surface area contributed by atoms with E-state index in [2.05, 4.69) is 30.4 Å². The first-order valence-electron chi connectivity index (χ1n) is 10.2. The molecule has 4 saturated carbocycles. The molecular weight excluding hydrogens is 322 g/mol. The lowest BCUT2D eigenvalue weighted by atomic mass is 9.48. The number of aryl methyl sites for hydroxylation is 1. The third-order valence-electron chi connectivity index (χ3n) is 7.06. The van der Waals surface area contributed by atoms with Gasteiger partial charge in [0, 0.05) is 17.1 Å². The molecule has 0 spiro atoms. The third kappa shape index (κ3) is 2.59. The van der Waals surface area contributed by atoms with Crippen molar-refractivity contribution in [2.75, 3.05) is 0 Å². The zero-order chi connectivity index (χ0) is 18.1. The summed E-state index contributed by atoms with van der Waals surface area (Å²) >= 11 is 0. The van der Waals surface area contributed by atoms with E-state index in [0.717, 1.165) is 54.0 Å². The smallest absolute Gasteiger partial charge is 0.175 e. The van der Waals surface area contributed by atoms with Gasteiger partial charge in [0.1, 0.15) is 5.75 Å². The molecule has 0 radical (unpaired) electrons. The largest absolute Gasteiger partial charge is 0.468 e. The molecule has 1 heterocycles. The topological polar surface area (TPSA) is 38.3 Å². The molecule has 5 aliphatic rings. The number of allylic oxidation sites excluding steroid dienone is 1. The maximum Gasteiger partial charge on any atom is 0.175 e. The number of hydrogen-bond donors (Lipinski definition) is 1. The van der Waals surface area contributed by atoms with Crippen molar-refractivity contribution in [2.24, 2.45) is 23.2 Å². The fraction of sp³-hybridized carbons (Fsp3) is 0.609. The van der Waals surface area contributed by atoms with Gasteiger partial charge in [-0.05, 0) is 94.7 Å². The van der Waals surface area contributed by atoms with Gasteiger partial charge in [-0.1, -0.05) is 6.07 Å². The van der Waals surface area contributed by atoms with Gasteiger partial charge in [-0.25, -0.2) is 0 Å². The highest BCUT2D eigenvalue weighted by Crippen LogP contribution is 2.60. The minimum Gasteiger partial charge on any atom is -0.468 e. The molecule has 4 bridgehead atoms. The second kappa shape index (κ2) is 5.37. The summed E-state index contributed by atoms with van der Waals surface area (Å²) in [6.07, 6.45) is 9.34. The highest BCUT2D eigenvalue weighted by molar-refractivity contribution is 6.01. The molecule has 0 amide bonds. The average Bonchev–Trinajstić information content (AvgIpc) is 2.51. The molecule has 0 aromatic heterocycles. The fourth-order valence-electron chi connectivity index (χ4n) is 6.44. The predicted molar refractivity (Wildman–Crippen MR) is 103 cm³/mol. The summed E-state index contributed by atoms with van der Waals surface area (Å²) in [6, 6.07) is 6.23. The lowest BCUT2D eigenvalue weighted by molar-refractivity contribution is -0.138. The van der Waals surface area contributed by atoms with Crippen LogP contribution in [0.3, 0.4) is 0 Å². The summed E-state index contributed by atoms with van der Waals surface area (Å²) in [5.74, 6) is 3.59. The molecule has 6 rings (SSSR count). The highest BCUT2D eigenvalue weighted by Gasteiger charge is 2.54. The fourth-order valence-corrected chi connectivity index (χ4v) is 6.44. The van der Waals surface area contributed by atoms with Gasteiger partial charge in [0.15, 0.2) is 11.5 Å². The molecule has 1 N–H and O–H groups in total. The van der Waals surface area contributed by atoms with Gasteiger partial charge in [-0.3, -0.25) is 4.79 Å². The average molecular weight is 351 g/mol. The van der Waals surface area contributed by atoms with Gasteiger partial charge in [0.2, 0.25) is 0 Å². The number of nitrogens with one attached hydrogen (secondary N) is 1. The Bertz CT molecular complexity index is 769. The lowest BCUT2D eigenvalue weighted by Gasteiger charge is -2.55. The van der Waals surface area contributed by atoms with Gasteiger partial charge >= 0.3 is 0 Å². The first kappa shape index (κ1) is 16.4. The number of rotatable bonds is 2. The van der Waals surface area contributed by atoms with E-state index < -0.39 is 5.72 Å². The number of ketones is 1. The Morgan fingerprint density at radius 1 is 1.12 bits per heavy atom. The van der Waals surface area contributed by atoms with Crippen LogP contribution in [0.5, 0.6) is 5.75 Å². The molecule has 26 heavy (non-hydrogen) atoms. The second-order valence-corrected chi connectivity index (χ2v) is 9.86. The van der Waals surface area contributed by atoms with Crippen LogP contribution in [0.1, 0.15) is 63.5 Å². The van der Waals surface area contributed by atoms with Crippen molar-refractivity contribution < 1.29 is 9.53 Å². The van der Waals surface area contributed by atoms with Crippen molar-refractivity contribution in [2.45, 2.75) is 65.0 Å². The normalized spacial score (nSPS) is 37.8. The first-order valence-corrected chi connectivity index (χ1v) is 10.2. The van der Waals surface area contributed by atoms with Gasteiger partial charge in [0.05, 0.1) is 5.70 Å². The molecule has 138 valence electrons. The highest BCUT2D eigenvalue weighted by atomic mass is 16.5. The summed E-state index contributed by atoms with van der Waals surface area (Å²) in [7, 11) is 0. The molecule has 4 fully saturated rings. The number of ether oxygens (including phenoxy) is 1. The monoisotopic (exact) mass is 351 g/mol. The van der Waals surface area contributed by atoms with E-state index in [1.807, 2.05) is 19.9 Å². The number of benzene rings is 1. The van der Waals surface area contributed by atoms with Crippen LogP contribution in [-0.2, 0) is 4.79 Å². The molecule has 3 nitrogen and oxygen atoms in total. The molecule has 1 aromatic carbocycles. The molecule has 0 unspecified atom stereocenters. The standard InChI is InChI=1S/C23H29NO2/c1-14-4-5-18-19(24-22(2,3)26-20(18)6-14)10-21(25)23-11-15-7-16(12-23)9-17(8-15)13-23/h4-6,10,15-17,24H,7-9,11-13H2,1-3H3/b19-10-. The van der Waals surface area contributed by atoms with Crippen LogP contribution >= 0.6 is 0 Å². The van der Waals surface area contributed by atoms with Crippen molar-refractivity contribution in [3.05, 3.63) is 35.4 Å². The van der Waals surface area contributed by atoms with Gasteiger partial charge < -0.3 is 10.1 Å². The molecule has 3 heteroatoms. The Labute approximate surface area is 156 Å². The van der Waals surface area contributed by atoms with Crippen molar-refractivity contribution >= 4 is 11.5 Å². The van der Waals surface area contributed by atoms with Gasteiger partial charge in [-0.15, -0.1) is 0 Å². The van der Waals surface area contributed by atoms with Crippen LogP contribution in [-0.4, -0.2) is 11.5 Å². The maximum atomic E-state index is 13.5. The van der Waals surface area contributed by atoms with Crippen LogP contribution in [0.4, 0.5) is 0 Å². The quantitative estimate of drug-likeness (QED) is 0.775. The SMILES string of the molecule is Cc1ccc2c(c1)OC(C)(C)N/C2=C\C(=O)C12CC3CC(CC(C3)C1)C2. The summed E-state index contributed by atoms with van der Waals surface area (Å²) in [5.41, 5.74) is 2.52. The third-order valence-corrected chi connectivity index (χ3v) is 7.06. The van der Waals surface area contributed by atoms with Crippen molar-refractivity contribution in [1.82, 2.24) is 5.32 Å². The van der Waals surface area contributed by atoms with Crippen LogP contribution in [0.15, 0.2) is 24.3 Å². The van der Waals surface area contributed by atoms with Gasteiger partial charge in [-0.2, -0.15) is 0 Å². The Morgan fingerprint density at radius 2 is 1.73 bits per heavy atom. The zero-order valence-corrected chi connectivity index (χ0v) is 16.1. The van der Waals surface area contributed by atoms with Crippen molar-refractivity contribution in [3.8, 4) is 5.75 Å².